The zero-order valence-corrected chi connectivity index (χ0v) is 15.7. The summed E-state index contributed by atoms with van der Waals surface area (Å²) in [4.78, 5) is 12.4. The van der Waals surface area contributed by atoms with Gasteiger partial charge in [-0.15, -0.1) is 0 Å². The van der Waals surface area contributed by atoms with Crippen molar-refractivity contribution in [3.8, 4) is 11.5 Å². The van der Waals surface area contributed by atoms with E-state index in [1.165, 1.54) is 0 Å². The van der Waals surface area contributed by atoms with Gasteiger partial charge < -0.3 is 14.8 Å². The fourth-order valence-corrected chi connectivity index (χ4v) is 2.40. The number of carbonyl (C=O) groups excluding carboxylic acids is 1. The van der Waals surface area contributed by atoms with Gasteiger partial charge >= 0.3 is 0 Å². The van der Waals surface area contributed by atoms with E-state index in [0.717, 1.165) is 25.1 Å². The van der Waals surface area contributed by atoms with E-state index in [9.17, 15) is 4.79 Å². The van der Waals surface area contributed by atoms with Crippen LogP contribution in [0.15, 0.2) is 54.6 Å². The molecule has 2 aromatic rings. The monoisotopic (exact) mass is 372 g/mol. The highest BCUT2D eigenvalue weighted by Crippen LogP contribution is 2.18. The molecule has 0 bridgehead atoms. The first-order chi connectivity index (χ1) is 12.7. The van der Waals surface area contributed by atoms with E-state index < -0.39 is 0 Å². The molecule has 2 rings (SSSR count). The first kappa shape index (κ1) is 19.7. The Morgan fingerprint density at radius 1 is 1.00 bits per heavy atom. The van der Waals surface area contributed by atoms with Crippen LogP contribution in [-0.2, 0) is 0 Å². The highest BCUT2D eigenvalue weighted by molar-refractivity contribution is 7.80. The average molecular weight is 372 g/mol. The second-order valence-corrected chi connectivity index (χ2v) is 5.98. The summed E-state index contributed by atoms with van der Waals surface area (Å²) in [5, 5.41) is 6.02. The lowest BCUT2D eigenvalue weighted by Crippen LogP contribution is -2.39. The summed E-state index contributed by atoms with van der Waals surface area (Å²) in [7, 11) is 0. The molecule has 0 spiro atoms. The van der Waals surface area contributed by atoms with Gasteiger partial charge in [-0.25, -0.2) is 0 Å². The van der Waals surface area contributed by atoms with Gasteiger partial charge in [0.15, 0.2) is 5.11 Å². The number of amides is 1. The van der Waals surface area contributed by atoms with Gasteiger partial charge in [0.05, 0.1) is 5.56 Å². The standard InChI is InChI=1S/C20H24N2O3S/c1-2-3-13-21-20(26)22-19(23)17-11-7-8-12-18(17)25-15-14-24-16-9-5-4-6-10-16/h4-12H,2-3,13-15H2,1H3,(H2,21,22,23,26). The van der Waals surface area contributed by atoms with Crippen molar-refractivity contribution in [2.24, 2.45) is 0 Å². The molecule has 0 unspecified atom stereocenters. The maximum absolute atomic E-state index is 12.4. The molecule has 0 atom stereocenters. The van der Waals surface area contributed by atoms with Crippen LogP contribution in [0.4, 0.5) is 0 Å². The number of unbranched alkanes of at least 4 members (excludes halogenated alkanes) is 1. The fourth-order valence-electron chi connectivity index (χ4n) is 2.20. The van der Waals surface area contributed by atoms with Crippen molar-refractivity contribution >= 4 is 23.2 Å². The van der Waals surface area contributed by atoms with E-state index in [2.05, 4.69) is 17.6 Å². The molecule has 0 aliphatic rings. The molecule has 5 nitrogen and oxygen atoms in total. The van der Waals surface area contributed by atoms with Gasteiger partial charge in [0.2, 0.25) is 0 Å². The third kappa shape index (κ3) is 6.72. The number of para-hydroxylation sites is 2. The first-order valence-electron chi connectivity index (χ1n) is 8.69. The van der Waals surface area contributed by atoms with Gasteiger partial charge in [-0.05, 0) is 42.9 Å². The molecule has 0 heterocycles. The van der Waals surface area contributed by atoms with Crippen LogP contribution in [0.3, 0.4) is 0 Å². The van der Waals surface area contributed by atoms with Crippen LogP contribution < -0.4 is 20.1 Å². The van der Waals surface area contributed by atoms with Gasteiger partial charge in [-0.1, -0.05) is 43.7 Å². The quantitative estimate of drug-likeness (QED) is 0.521. The number of rotatable bonds is 9. The summed E-state index contributed by atoms with van der Waals surface area (Å²) in [5.41, 5.74) is 0.437. The second-order valence-electron chi connectivity index (χ2n) is 5.57. The lowest BCUT2D eigenvalue weighted by atomic mass is 10.2. The van der Waals surface area contributed by atoms with Crippen LogP contribution in [0.1, 0.15) is 30.1 Å². The SMILES string of the molecule is CCCCNC(=S)NC(=O)c1ccccc1OCCOc1ccccc1. The molecule has 26 heavy (non-hydrogen) atoms. The molecule has 0 radical (unpaired) electrons. The number of carbonyl (C=O) groups is 1. The van der Waals surface area contributed by atoms with E-state index in [-0.39, 0.29) is 5.91 Å². The van der Waals surface area contributed by atoms with E-state index in [4.69, 9.17) is 21.7 Å². The van der Waals surface area contributed by atoms with Crippen molar-refractivity contribution in [3.63, 3.8) is 0 Å². The van der Waals surface area contributed by atoms with Crippen LogP contribution in [0.5, 0.6) is 11.5 Å². The van der Waals surface area contributed by atoms with Gasteiger partial charge in [-0.2, -0.15) is 0 Å². The Morgan fingerprint density at radius 2 is 1.69 bits per heavy atom. The van der Waals surface area contributed by atoms with Crippen LogP contribution in [0.2, 0.25) is 0 Å². The Kier molecular flexibility index (Phi) is 8.42. The Hall–Kier alpha value is -2.60. The summed E-state index contributed by atoms with van der Waals surface area (Å²) >= 11 is 5.14. The van der Waals surface area contributed by atoms with Crippen molar-refractivity contribution in [1.82, 2.24) is 10.6 Å². The number of thiocarbonyl (C=S) groups is 1. The topological polar surface area (TPSA) is 59.6 Å². The van der Waals surface area contributed by atoms with Crippen molar-refractivity contribution in [2.75, 3.05) is 19.8 Å². The van der Waals surface area contributed by atoms with Gasteiger partial charge in [-0.3, -0.25) is 10.1 Å². The molecule has 0 aliphatic carbocycles. The number of hydrogen-bond acceptors (Lipinski definition) is 4. The molecule has 138 valence electrons. The predicted octanol–water partition coefficient (Wildman–Crippen LogP) is 3.55. The van der Waals surface area contributed by atoms with Crippen molar-refractivity contribution in [3.05, 3.63) is 60.2 Å². The molecule has 0 saturated heterocycles. The van der Waals surface area contributed by atoms with E-state index in [1.807, 2.05) is 36.4 Å². The molecular formula is C20H24N2O3S. The average Bonchev–Trinajstić information content (AvgIpc) is 2.66. The molecule has 2 aromatic carbocycles. The van der Waals surface area contributed by atoms with E-state index >= 15 is 0 Å². The molecule has 0 saturated carbocycles. The molecule has 1 amide bonds. The smallest absolute Gasteiger partial charge is 0.261 e. The minimum atomic E-state index is -0.293. The van der Waals surface area contributed by atoms with E-state index in [0.29, 0.717) is 29.6 Å². The molecule has 0 aromatic heterocycles. The number of nitrogens with one attached hydrogen (secondary N) is 2. The Labute approximate surface area is 159 Å². The largest absolute Gasteiger partial charge is 0.490 e. The zero-order chi connectivity index (χ0) is 18.6. The highest BCUT2D eigenvalue weighted by atomic mass is 32.1. The Bertz CT molecular complexity index is 707. The zero-order valence-electron chi connectivity index (χ0n) is 14.9. The van der Waals surface area contributed by atoms with Crippen LogP contribution >= 0.6 is 12.2 Å². The lowest BCUT2D eigenvalue weighted by molar-refractivity contribution is 0.0971. The summed E-state index contributed by atoms with van der Waals surface area (Å²) in [6.45, 7) is 3.55. The van der Waals surface area contributed by atoms with Crippen LogP contribution in [0.25, 0.3) is 0 Å². The third-order valence-electron chi connectivity index (χ3n) is 3.53. The maximum Gasteiger partial charge on any atom is 0.261 e. The van der Waals surface area contributed by atoms with E-state index in [1.54, 1.807) is 18.2 Å². The summed E-state index contributed by atoms with van der Waals surface area (Å²) in [6, 6.07) is 16.6. The fraction of sp³-hybridized carbons (Fsp3) is 0.300. The minimum Gasteiger partial charge on any atom is -0.490 e. The normalized spacial score (nSPS) is 10.0. The van der Waals surface area contributed by atoms with Crippen molar-refractivity contribution < 1.29 is 14.3 Å². The number of benzene rings is 2. The summed E-state index contributed by atoms with van der Waals surface area (Å²) in [5.74, 6) is 0.988. The molecule has 0 fully saturated rings. The van der Waals surface area contributed by atoms with Crippen LogP contribution in [-0.4, -0.2) is 30.8 Å². The van der Waals surface area contributed by atoms with Gasteiger partial charge in [0.25, 0.3) is 5.91 Å². The summed E-state index contributed by atoms with van der Waals surface area (Å²) < 4.78 is 11.3. The number of hydrogen-bond donors (Lipinski definition) is 2. The van der Waals surface area contributed by atoms with Crippen molar-refractivity contribution in [1.29, 1.82) is 0 Å². The van der Waals surface area contributed by atoms with Gasteiger partial charge in [0.1, 0.15) is 24.7 Å². The lowest BCUT2D eigenvalue weighted by Gasteiger charge is -2.13. The first-order valence-corrected chi connectivity index (χ1v) is 9.10. The maximum atomic E-state index is 12.4. The molecule has 0 aliphatic heterocycles. The second kappa shape index (κ2) is 11.1. The molecule has 6 heteroatoms. The number of ether oxygens (including phenoxy) is 2. The Morgan fingerprint density at radius 3 is 2.46 bits per heavy atom. The highest BCUT2D eigenvalue weighted by Gasteiger charge is 2.13. The van der Waals surface area contributed by atoms with Crippen molar-refractivity contribution in [2.45, 2.75) is 19.8 Å². The Balaban J connectivity index is 1.84. The predicted molar refractivity (Wildman–Crippen MR) is 107 cm³/mol. The minimum absolute atomic E-state index is 0.293. The third-order valence-corrected chi connectivity index (χ3v) is 3.77. The van der Waals surface area contributed by atoms with Crippen LogP contribution in [0, 0.1) is 0 Å². The van der Waals surface area contributed by atoms with Gasteiger partial charge in [0, 0.05) is 6.54 Å². The molecule has 2 N–H and O–H groups in total. The molecular weight excluding hydrogens is 348 g/mol. The summed E-state index contributed by atoms with van der Waals surface area (Å²) in [6.07, 6.45) is 2.06.